The van der Waals surface area contributed by atoms with Crippen LogP contribution in [-0.4, -0.2) is 43.8 Å². The zero-order chi connectivity index (χ0) is 13.6. The van der Waals surface area contributed by atoms with Crippen molar-refractivity contribution in [3.63, 3.8) is 0 Å². The zero-order valence-corrected chi connectivity index (χ0v) is 11.0. The average Bonchev–Trinajstić information content (AvgIpc) is 3.09. The number of carbonyl (C=O) groups is 2. The van der Waals surface area contributed by atoms with Gasteiger partial charge in [-0.15, -0.1) is 5.10 Å². The van der Waals surface area contributed by atoms with Crippen molar-refractivity contribution in [3.8, 4) is 0 Å². The fraction of sp³-hybridized carbons (Fsp3) is 0.667. The largest absolute Gasteiger partial charge is 0.343 e. The average molecular weight is 263 g/mol. The molecule has 7 nitrogen and oxygen atoms in total. The van der Waals surface area contributed by atoms with Gasteiger partial charge < -0.3 is 10.2 Å². The quantitative estimate of drug-likeness (QED) is 0.792. The highest BCUT2D eigenvalue weighted by Crippen LogP contribution is 2.37. The van der Waals surface area contributed by atoms with Gasteiger partial charge in [0.15, 0.2) is 0 Å². The minimum absolute atomic E-state index is 0.0397. The molecule has 2 heterocycles. The van der Waals surface area contributed by atoms with E-state index in [4.69, 9.17) is 0 Å². The van der Waals surface area contributed by atoms with Crippen molar-refractivity contribution >= 4 is 11.8 Å². The van der Waals surface area contributed by atoms with Gasteiger partial charge in [-0.2, -0.15) is 0 Å². The number of aryl methyl sites for hydroxylation is 1. The Hall–Kier alpha value is -1.92. The minimum atomic E-state index is -0.459. The number of aromatic nitrogens is 3. The van der Waals surface area contributed by atoms with Crippen LogP contribution in [0.5, 0.6) is 0 Å². The number of amides is 2. The predicted octanol–water partition coefficient (Wildman–Crippen LogP) is -0.559. The lowest BCUT2D eigenvalue weighted by Gasteiger charge is -2.37. The lowest BCUT2D eigenvalue weighted by atomic mass is 10.0. The molecule has 2 unspecified atom stereocenters. The van der Waals surface area contributed by atoms with Crippen LogP contribution in [0.1, 0.15) is 25.5 Å². The lowest BCUT2D eigenvalue weighted by molar-refractivity contribution is -0.150. The molecule has 1 saturated heterocycles. The van der Waals surface area contributed by atoms with Crippen molar-refractivity contribution in [2.75, 3.05) is 0 Å². The van der Waals surface area contributed by atoms with Gasteiger partial charge in [0.1, 0.15) is 17.8 Å². The second-order valence-corrected chi connectivity index (χ2v) is 5.36. The molecule has 0 spiro atoms. The molecule has 0 radical (unpaired) electrons. The van der Waals surface area contributed by atoms with E-state index in [0.29, 0.717) is 18.2 Å². The van der Waals surface area contributed by atoms with Crippen molar-refractivity contribution in [3.05, 3.63) is 11.9 Å². The van der Waals surface area contributed by atoms with E-state index in [1.807, 2.05) is 0 Å². The van der Waals surface area contributed by atoms with Crippen molar-refractivity contribution in [2.24, 2.45) is 13.0 Å². The Bertz CT molecular complexity index is 522. The van der Waals surface area contributed by atoms with Crippen LogP contribution in [0, 0.1) is 5.92 Å². The number of rotatable bonds is 3. The van der Waals surface area contributed by atoms with E-state index in [1.165, 1.54) is 0 Å². The second kappa shape index (κ2) is 4.32. The standard InChI is InChI=1S/C12H17N5O2/c1-7-12(19)17(6-9-5-16(2)15-14-9)10(8-3-4-8)11(18)13-7/h5,7-8,10H,3-4,6H2,1-2H3,(H,13,18). The Kier molecular flexibility index (Phi) is 2.76. The van der Waals surface area contributed by atoms with E-state index in [1.54, 1.807) is 29.7 Å². The lowest BCUT2D eigenvalue weighted by Crippen LogP contribution is -2.62. The second-order valence-electron chi connectivity index (χ2n) is 5.36. The molecule has 1 N–H and O–H groups in total. The zero-order valence-electron chi connectivity index (χ0n) is 11.0. The third kappa shape index (κ3) is 2.20. The maximum absolute atomic E-state index is 12.3. The summed E-state index contributed by atoms with van der Waals surface area (Å²) < 4.78 is 1.60. The molecular formula is C12H17N5O2. The SMILES string of the molecule is CC1NC(=O)C(C2CC2)N(Cc2cn(C)nn2)C1=O. The monoisotopic (exact) mass is 263 g/mol. The fourth-order valence-electron chi connectivity index (χ4n) is 2.59. The third-order valence-corrected chi connectivity index (χ3v) is 3.67. The summed E-state index contributed by atoms with van der Waals surface area (Å²) in [5.74, 6) is 0.216. The number of hydrogen-bond donors (Lipinski definition) is 1. The van der Waals surface area contributed by atoms with Crippen LogP contribution < -0.4 is 5.32 Å². The summed E-state index contributed by atoms with van der Waals surface area (Å²) in [4.78, 5) is 26.0. The van der Waals surface area contributed by atoms with Gasteiger partial charge in [0.05, 0.1) is 6.54 Å². The Morgan fingerprint density at radius 3 is 2.74 bits per heavy atom. The van der Waals surface area contributed by atoms with Gasteiger partial charge in [-0.25, -0.2) is 0 Å². The molecule has 3 rings (SSSR count). The Labute approximate surface area is 110 Å². The van der Waals surface area contributed by atoms with E-state index >= 15 is 0 Å². The highest BCUT2D eigenvalue weighted by molar-refractivity contribution is 5.97. The van der Waals surface area contributed by atoms with Crippen molar-refractivity contribution in [1.29, 1.82) is 0 Å². The summed E-state index contributed by atoms with van der Waals surface area (Å²) in [5, 5.41) is 10.6. The Morgan fingerprint density at radius 1 is 1.42 bits per heavy atom. The van der Waals surface area contributed by atoms with Crippen LogP contribution >= 0.6 is 0 Å². The van der Waals surface area contributed by atoms with Crippen LogP contribution in [-0.2, 0) is 23.2 Å². The van der Waals surface area contributed by atoms with Crippen LogP contribution in [0.3, 0.4) is 0 Å². The summed E-state index contributed by atoms with van der Waals surface area (Å²) >= 11 is 0. The van der Waals surface area contributed by atoms with Crippen LogP contribution in [0.25, 0.3) is 0 Å². The number of nitrogens with zero attached hydrogens (tertiary/aromatic N) is 4. The molecule has 1 aromatic rings. The summed E-state index contributed by atoms with van der Waals surface area (Å²) in [6.45, 7) is 2.07. The molecule has 1 saturated carbocycles. The topological polar surface area (TPSA) is 80.1 Å². The molecule has 1 aliphatic heterocycles. The highest BCUT2D eigenvalue weighted by atomic mass is 16.2. The normalized spacial score (nSPS) is 27.6. The Balaban J connectivity index is 1.84. The molecule has 2 amide bonds. The molecular weight excluding hydrogens is 246 g/mol. The maximum Gasteiger partial charge on any atom is 0.245 e. The van der Waals surface area contributed by atoms with Crippen molar-refractivity contribution in [1.82, 2.24) is 25.2 Å². The third-order valence-electron chi connectivity index (χ3n) is 3.67. The first-order valence-corrected chi connectivity index (χ1v) is 6.52. The molecule has 0 bridgehead atoms. The summed E-state index contributed by atoms with van der Waals surface area (Å²) in [6, 6.07) is -0.801. The molecule has 0 aromatic carbocycles. The number of carbonyl (C=O) groups excluding carboxylic acids is 2. The molecule has 2 atom stereocenters. The first-order valence-electron chi connectivity index (χ1n) is 6.52. The summed E-state index contributed by atoms with van der Waals surface area (Å²) in [7, 11) is 1.78. The molecule has 7 heteroatoms. The van der Waals surface area contributed by atoms with Gasteiger partial charge >= 0.3 is 0 Å². The molecule has 2 aliphatic rings. The molecule has 19 heavy (non-hydrogen) atoms. The first-order chi connectivity index (χ1) is 9.06. The highest BCUT2D eigenvalue weighted by Gasteiger charge is 2.46. The van der Waals surface area contributed by atoms with Crippen LogP contribution in [0.2, 0.25) is 0 Å². The van der Waals surface area contributed by atoms with Gasteiger partial charge in [0.2, 0.25) is 11.8 Å². The minimum Gasteiger partial charge on any atom is -0.343 e. The van der Waals surface area contributed by atoms with Crippen LogP contribution in [0.4, 0.5) is 0 Å². The smallest absolute Gasteiger partial charge is 0.245 e. The summed E-state index contributed by atoms with van der Waals surface area (Å²) in [6.07, 6.45) is 3.79. The predicted molar refractivity (Wildman–Crippen MR) is 65.7 cm³/mol. The van der Waals surface area contributed by atoms with E-state index in [9.17, 15) is 9.59 Å². The van der Waals surface area contributed by atoms with Gasteiger partial charge in [-0.3, -0.25) is 14.3 Å². The number of piperazine rings is 1. The molecule has 102 valence electrons. The van der Waals surface area contributed by atoms with E-state index < -0.39 is 6.04 Å². The van der Waals surface area contributed by atoms with Gasteiger partial charge in [0, 0.05) is 13.2 Å². The number of nitrogens with one attached hydrogen (secondary N) is 1. The molecule has 1 aliphatic carbocycles. The fourth-order valence-corrected chi connectivity index (χ4v) is 2.59. The van der Waals surface area contributed by atoms with Crippen molar-refractivity contribution in [2.45, 2.75) is 38.4 Å². The Morgan fingerprint density at radius 2 is 2.16 bits per heavy atom. The maximum atomic E-state index is 12.3. The molecule has 2 fully saturated rings. The first kappa shape index (κ1) is 12.1. The van der Waals surface area contributed by atoms with Crippen LogP contribution in [0.15, 0.2) is 6.20 Å². The number of hydrogen-bond acceptors (Lipinski definition) is 4. The van der Waals surface area contributed by atoms with Gasteiger partial charge in [-0.1, -0.05) is 5.21 Å². The van der Waals surface area contributed by atoms with E-state index in [0.717, 1.165) is 12.8 Å². The van der Waals surface area contributed by atoms with E-state index in [2.05, 4.69) is 15.6 Å². The summed E-state index contributed by atoms with van der Waals surface area (Å²) in [5.41, 5.74) is 0.711. The van der Waals surface area contributed by atoms with Crippen molar-refractivity contribution < 1.29 is 9.59 Å². The van der Waals surface area contributed by atoms with Gasteiger partial charge in [0.25, 0.3) is 0 Å². The molecule has 1 aromatic heterocycles. The van der Waals surface area contributed by atoms with E-state index in [-0.39, 0.29) is 17.9 Å². The van der Waals surface area contributed by atoms with Gasteiger partial charge in [-0.05, 0) is 25.7 Å².